The first-order valence-electron chi connectivity index (χ1n) is 9.59. The van der Waals surface area contributed by atoms with E-state index in [0.29, 0.717) is 18.9 Å². The van der Waals surface area contributed by atoms with Gasteiger partial charge in [-0.05, 0) is 48.4 Å². The number of amides is 1. The summed E-state index contributed by atoms with van der Waals surface area (Å²) < 4.78 is 10.8. The molecule has 8 heteroatoms. The van der Waals surface area contributed by atoms with Crippen LogP contribution >= 0.6 is 24.8 Å². The van der Waals surface area contributed by atoms with E-state index in [1.54, 1.807) is 14.2 Å². The Labute approximate surface area is 180 Å². The van der Waals surface area contributed by atoms with Crippen LogP contribution in [-0.2, 0) is 17.8 Å². The number of methoxy groups -OCH3 is 2. The van der Waals surface area contributed by atoms with Crippen molar-refractivity contribution in [3.8, 4) is 11.5 Å². The predicted octanol–water partition coefficient (Wildman–Crippen LogP) is 2.54. The number of benzene rings is 1. The summed E-state index contributed by atoms with van der Waals surface area (Å²) in [6.45, 7) is 3.41. The summed E-state index contributed by atoms with van der Waals surface area (Å²) in [5, 5.41) is 3.06. The molecule has 2 aliphatic rings. The molecule has 28 heavy (non-hydrogen) atoms. The maximum atomic E-state index is 12.1. The van der Waals surface area contributed by atoms with Crippen LogP contribution in [0.3, 0.4) is 0 Å². The Morgan fingerprint density at radius 1 is 1.18 bits per heavy atom. The molecule has 1 heterocycles. The quantitative estimate of drug-likeness (QED) is 0.690. The molecule has 0 unspecified atom stereocenters. The van der Waals surface area contributed by atoms with Gasteiger partial charge in [-0.25, -0.2) is 0 Å². The lowest BCUT2D eigenvalue weighted by Crippen LogP contribution is -2.39. The molecule has 0 saturated heterocycles. The zero-order valence-electron chi connectivity index (χ0n) is 16.7. The van der Waals surface area contributed by atoms with E-state index in [2.05, 4.69) is 22.3 Å². The van der Waals surface area contributed by atoms with Gasteiger partial charge in [0.25, 0.3) is 0 Å². The predicted molar refractivity (Wildman–Crippen MR) is 116 cm³/mol. The number of rotatable bonds is 7. The number of nitrogens with one attached hydrogen (secondary N) is 1. The van der Waals surface area contributed by atoms with Crippen molar-refractivity contribution in [1.82, 2.24) is 10.2 Å². The van der Waals surface area contributed by atoms with Gasteiger partial charge in [-0.1, -0.05) is 6.42 Å². The average molecular weight is 434 g/mol. The van der Waals surface area contributed by atoms with Crippen LogP contribution in [0.15, 0.2) is 12.1 Å². The Bertz CT molecular complexity index is 645. The molecule has 0 aromatic heterocycles. The minimum atomic E-state index is 0. The maximum Gasteiger partial charge on any atom is 0.220 e. The average Bonchev–Trinajstić information content (AvgIpc) is 3.05. The van der Waals surface area contributed by atoms with E-state index < -0.39 is 0 Å². The zero-order chi connectivity index (χ0) is 18.5. The van der Waals surface area contributed by atoms with Crippen LogP contribution in [0.5, 0.6) is 11.5 Å². The summed E-state index contributed by atoms with van der Waals surface area (Å²) in [6, 6.07) is 4.35. The van der Waals surface area contributed by atoms with Gasteiger partial charge < -0.3 is 20.5 Å². The van der Waals surface area contributed by atoms with Crippen molar-refractivity contribution in [2.24, 2.45) is 11.7 Å². The summed E-state index contributed by atoms with van der Waals surface area (Å²) in [6.07, 6.45) is 4.85. The first-order valence-corrected chi connectivity index (χ1v) is 9.59. The van der Waals surface area contributed by atoms with Gasteiger partial charge >= 0.3 is 0 Å². The second kappa shape index (κ2) is 11.7. The smallest absolute Gasteiger partial charge is 0.220 e. The lowest BCUT2D eigenvalue weighted by Gasteiger charge is -2.29. The molecule has 1 fully saturated rings. The highest BCUT2D eigenvalue weighted by Gasteiger charge is 2.26. The molecule has 1 saturated carbocycles. The largest absolute Gasteiger partial charge is 0.493 e. The van der Waals surface area contributed by atoms with E-state index in [1.165, 1.54) is 11.1 Å². The third-order valence-corrected chi connectivity index (χ3v) is 5.71. The van der Waals surface area contributed by atoms with E-state index in [4.69, 9.17) is 15.2 Å². The minimum absolute atomic E-state index is 0. The molecule has 2 atom stereocenters. The monoisotopic (exact) mass is 433 g/mol. The second-order valence-electron chi connectivity index (χ2n) is 7.41. The molecule has 1 aromatic rings. The Morgan fingerprint density at radius 2 is 1.86 bits per heavy atom. The fourth-order valence-corrected chi connectivity index (χ4v) is 4.12. The van der Waals surface area contributed by atoms with E-state index in [9.17, 15) is 4.79 Å². The molecule has 1 aromatic carbocycles. The highest BCUT2D eigenvalue weighted by Crippen LogP contribution is 2.33. The highest BCUT2D eigenvalue weighted by atomic mass is 35.5. The van der Waals surface area contributed by atoms with Crippen LogP contribution in [0, 0.1) is 5.92 Å². The molecule has 1 aliphatic heterocycles. The van der Waals surface area contributed by atoms with Crippen LogP contribution in [0.4, 0.5) is 0 Å². The van der Waals surface area contributed by atoms with Crippen LogP contribution in [0.25, 0.3) is 0 Å². The number of carbonyl (C=O) groups is 1. The van der Waals surface area contributed by atoms with Crippen LogP contribution in [-0.4, -0.2) is 50.7 Å². The summed E-state index contributed by atoms with van der Waals surface area (Å²) in [5.74, 6) is 2.06. The molecule has 1 aliphatic carbocycles. The Morgan fingerprint density at radius 3 is 2.46 bits per heavy atom. The Hall–Kier alpha value is -1.21. The third kappa shape index (κ3) is 6.14. The third-order valence-electron chi connectivity index (χ3n) is 5.71. The maximum absolute atomic E-state index is 12.1. The first-order chi connectivity index (χ1) is 12.6. The Kier molecular flexibility index (Phi) is 10.4. The van der Waals surface area contributed by atoms with E-state index >= 15 is 0 Å². The normalized spacial score (nSPS) is 21.1. The van der Waals surface area contributed by atoms with Crippen LogP contribution < -0.4 is 20.5 Å². The van der Waals surface area contributed by atoms with Crippen molar-refractivity contribution < 1.29 is 14.3 Å². The first kappa shape index (κ1) is 24.8. The van der Waals surface area contributed by atoms with Gasteiger partial charge in [-0.15, -0.1) is 24.8 Å². The van der Waals surface area contributed by atoms with Crippen molar-refractivity contribution in [3.63, 3.8) is 0 Å². The zero-order valence-corrected chi connectivity index (χ0v) is 18.4. The van der Waals surface area contributed by atoms with Gasteiger partial charge in [0.1, 0.15) is 0 Å². The topological polar surface area (TPSA) is 76.8 Å². The van der Waals surface area contributed by atoms with Crippen LogP contribution in [0.1, 0.15) is 36.8 Å². The van der Waals surface area contributed by atoms with Crippen molar-refractivity contribution in [3.05, 3.63) is 23.3 Å². The Balaban J connectivity index is 0.00000196. The van der Waals surface area contributed by atoms with Crippen molar-refractivity contribution in [2.75, 3.05) is 33.9 Å². The summed E-state index contributed by atoms with van der Waals surface area (Å²) in [7, 11) is 3.33. The van der Waals surface area contributed by atoms with Gasteiger partial charge in [-0.3, -0.25) is 9.69 Å². The number of carbonyl (C=O) groups excluding carboxylic acids is 1. The number of hydrogen-bond donors (Lipinski definition) is 2. The van der Waals surface area contributed by atoms with E-state index in [1.807, 2.05) is 0 Å². The van der Waals surface area contributed by atoms with Gasteiger partial charge in [0, 0.05) is 38.6 Å². The molecule has 0 radical (unpaired) electrons. The summed E-state index contributed by atoms with van der Waals surface area (Å²) in [4.78, 5) is 14.5. The van der Waals surface area contributed by atoms with Crippen LogP contribution in [0.2, 0.25) is 0 Å². The minimum Gasteiger partial charge on any atom is -0.493 e. The van der Waals surface area contributed by atoms with Gasteiger partial charge in [-0.2, -0.15) is 0 Å². The number of nitrogens with two attached hydrogens (primary N) is 1. The van der Waals surface area contributed by atoms with E-state index in [-0.39, 0.29) is 36.8 Å². The lowest BCUT2D eigenvalue weighted by molar-refractivity contribution is -0.122. The van der Waals surface area contributed by atoms with Crippen molar-refractivity contribution >= 4 is 30.7 Å². The summed E-state index contributed by atoms with van der Waals surface area (Å²) in [5.41, 5.74) is 8.65. The number of nitrogens with zero attached hydrogens (tertiary/aromatic N) is 1. The lowest BCUT2D eigenvalue weighted by atomic mass is 9.98. The van der Waals surface area contributed by atoms with Crippen molar-refractivity contribution in [2.45, 2.75) is 44.7 Å². The molecular formula is C20H33Cl2N3O3. The number of halogens is 2. The number of hydrogen-bond acceptors (Lipinski definition) is 5. The molecular weight excluding hydrogens is 401 g/mol. The summed E-state index contributed by atoms with van der Waals surface area (Å²) >= 11 is 0. The van der Waals surface area contributed by atoms with E-state index in [0.717, 1.165) is 56.8 Å². The molecule has 3 N–H and O–H groups in total. The van der Waals surface area contributed by atoms with Gasteiger partial charge in [0.05, 0.1) is 14.2 Å². The van der Waals surface area contributed by atoms with Gasteiger partial charge in [0.15, 0.2) is 11.5 Å². The molecule has 0 bridgehead atoms. The van der Waals surface area contributed by atoms with Crippen molar-refractivity contribution in [1.29, 1.82) is 0 Å². The fourth-order valence-electron chi connectivity index (χ4n) is 4.12. The number of ether oxygens (including phenoxy) is 2. The SMILES string of the molecule is COc1cc2c(cc1OC)CN(CCNC(=O)C[C@@H]1CCC[C@H]1N)CC2.Cl.Cl. The molecule has 3 rings (SSSR count). The molecule has 160 valence electrons. The van der Waals surface area contributed by atoms with Gasteiger partial charge in [0.2, 0.25) is 5.91 Å². The fraction of sp³-hybridized carbons (Fsp3) is 0.650. The second-order valence-corrected chi connectivity index (χ2v) is 7.41. The molecule has 6 nitrogen and oxygen atoms in total. The molecule has 1 amide bonds. The number of fused-ring (bicyclic) bond motifs is 1. The highest BCUT2D eigenvalue weighted by molar-refractivity contribution is 5.85. The molecule has 0 spiro atoms. The standard InChI is InChI=1S/C20H31N3O3.2ClH/c1-25-18-10-14-6-8-23(13-16(14)11-19(18)26-2)9-7-22-20(24)12-15-4-3-5-17(15)21;;/h10-11,15,17H,3-9,12-13,21H2,1-2H3,(H,22,24);2*1H/t15-,17+;;/m0../s1.